The number of carbonyl (C=O) groups is 5. The van der Waals surface area contributed by atoms with Gasteiger partial charge in [0, 0.05) is 31.0 Å². The average molecular weight is 545 g/mol. The summed E-state index contributed by atoms with van der Waals surface area (Å²) >= 11 is 0. The van der Waals surface area contributed by atoms with Crippen molar-refractivity contribution in [3.8, 4) is 0 Å². The van der Waals surface area contributed by atoms with Crippen molar-refractivity contribution in [3.05, 3.63) is 29.8 Å². The number of benzene rings is 1. The molecule has 11 heteroatoms. The normalized spacial score (nSPS) is 20.4. The summed E-state index contributed by atoms with van der Waals surface area (Å²) in [5.41, 5.74) is 0.597. The minimum absolute atomic E-state index is 0.0640. The van der Waals surface area contributed by atoms with Gasteiger partial charge in [-0.25, -0.2) is 9.59 Å². The molecule has 2 heterocycles. The molecule has 1 aromatic carbocycles. The Bertz CT molecular complexity index is 1070. The molecule has 4 amide bonds. The Labute approximate surface area is 229 Å². The number of para-hydroxylation sites is 1. The summed E-state index contributed by atoms with van der Waals surface area (Å²) in [6, 6.07) is 5.37. The quantitative estimate of drug-likeness (QED) is 0.405. The summed E-state index contributed by atoms with van der Waals surface area (Å²) in [6.45, 7) is 10.0. The minimum Gasteiger partial charge on any atom is -0.443 e. The maximum Gasteiger partial charge on any atom is 0.414 e. The number of carbonyl (C=O) groups excluding carboxylic acids is 5. The Balaban J connectivity index is 1.66. The first kappa shape index (κ1) is 29.9. The number of nitrogens with zero attached hydrogens (tertiary/aromatic N) is 1. The number of amides is 4. The van der Waals surface area contributed by atoms with Crippen LogP contribution in [-0.2, 0) is 23.9 Å². The van der Waals surface area contributed by atoms with Crippen LogP contribution in [0.3, 0.4) is 0 Å². The lowest BCUT2D eigenvalue weighted by atomic mass is 9.98. The molecule has 0 radical (unpaired) electrons. The first-order valence-electron chi connectivity index (χ1n) is 13.5. The number of aldehydes is 1. The minimum atomic E-state index is -0.936. The van der Waals surface area contributed by atoms with E-state index < -0.39 is 41.9 Å². The van der Waals surface area contributed by atoms with E-state index >= 15 is 0 Å². The maximum atomic E-state index is 13.1. The second kappa shape index (κ2) is 12.9. The third kappa shape index (κ3) is 8.43. The van der Waals surface area contributed by atoms with Crippen molar-refractivity contribution in [2.45, 2.75) is 84.1 Å². The lowest BCUT2D eigenvalue weighted by Gasteiger charge is -2.35. The molecule has 2 aliphatic rings. The molecule has 0 aliphatic carbocycles. The van der Waals surface area contributed by atoms with Gasteiger partial charge in [0.15, 0.2) is 0 Å². The molecular weight excluding hydrogens is 504 g/mol. The molecule has 4 unspecified atom stereocenters. The van der Waals surface area contributed by atoms with Gasteiger partial charge in [0.2, 0.25) is 11.8 Å². The molecule has 1 fully saturated rings. The zero-order valence-electron chi connectivity index (χ0n) is 23.3. The fraction of sp³-hybridized carbons (Fsp3) is 0.607. The van der Waals surface area contributed by atoms with Gasteiger partial charge in [-0.3, -0.25) is 14.5 Å². The van der Waals surface area contributed by atoms with Crippen LogP contribution in [0.2, 0.25) is 0 Å². The third-order valence-electron chi connectivity index (χ3n) is 6.56. The van der Waals surface area contributed by atoms with Crippen LogP contribution in [0.4, 0.5) is 15.3 Å². The fourth-order valence-electron chi connectivity index (χ4n) is 4.77. The summed E-state index contributed by atoms with van der Waals surface area (Å²) in [4.78, 5) is 63.8. The molecule has 2 aliphatic heterocycles. The molecular formula is C28H40N4O7. The standard InChI is InChI=1S/C28H40N4O7/c1-17(2)14-21(25(35)30-19(16-33)15-18-10-12-29-24(18)34)31-26(36)38-23-11-13-32(27(37)39-28(3,4)5)22-9-7-6-8-20(22)23/h6-9,16-19,21,23H,10-15H2,1-5H3,(H,29,34)(H,30,35)(H,31,36). The monoisotopic (exact) mass is 544 g/mol. The van der Waals surface area contributed by atoms with E-state index in [0.717, 1.165) is 0 Å². The highest BCUT2D eigenvalue weighted by molar-refractivity contribution is 5.90. The van der Waals surface area contributed by atoms with Crippen LogP contribution in [0.25, 0.3) is 0 Å². The maximum absolute atomic E-state index is 13.1. The summed E-state index contributed by atoms with van der Waals surface area (Å²) in [5.74, 6) is -0.923. The summed E-state index contributed by atoms with van der Waals surface area (Å²) in [6.07, 6.45) is 0.201. The predicted octanol–water partition coefficient (Wildman–Crippen LogP) is 3.22. The molecule has 1 aromatic rings. The SMILES string of the molecule is CC(C)CC(NC(=O)OC1CCN(C(=O)OC(C)(C)C)c2ccccc21)C(=O)NC(C=O)CC1CCNC1=O. The second-order valence-electron chi connectivity index (χ2n) is 11.5. The lowest BCUT2D eigenvalue weighted by Crippen LogP contribution is -2.51. The van der Waals surface area contributed by atoms with Crippen molar-refractivity contribution >= 4 is 36.0 Å². The summed E-state index contributed by atoms with van der Waals surface area (Å²) in [7, 11) is 0. The van der Waals surface area contributed by atoms with Gasteiger partial charge in [-0.2, -0.15) is 0 Å². The number of ether oxygens (including phenoxy) is 2. The molecule has 0 bridgehead atoms. The highest BCUT2D eigenvalue weighted by Crippen LogP contribution is 2.36. The number of nitrogens with one attached hydrogen (secondary N) is 3. The molecule has 3 N–H and O–H groups in total. The van der Waals surface area contributed by atoms with Crippen LogP contribution in [0, 0.1) is 11.8 Å². The molecule has 4 atom stereocenters. The van der Waals surface area contributed by atoms with Gasteiger partial charge in [0.05, 0.1) is 11.7 Å². The Kier molecular flexibility index (Phi) is 9.93. The molecule has 3 rings (SSSR count). The second-order valence-corrected chi connectivity index (χ2v) is 11.5. The van der Waals surface area contributed by atoms with E-state index in [1.807, 2.05) is 13.8 Å². The Hall–Kier alpha value is -3.63. The lowest BCUT2D eigenvalue weighted by molar-refractivity contribution is -0.127. The largest absolute Gasteiger partial charge is 0.443 e. The van der Waals surface area contributed by atoms with Crippen molar-refractivity contribution < 1.29 is 33.4 Å². The van der Waals surface area contributed by atoms with Crippen LogP contribution in [0.5, 0.6) is 0 Å². The van der Waals surface area contributed by atoms with Crippen molar-refractivity contribution in [2.75, 3.05) is 18.0 Å². The van der Waals surface area contributed by atoms with Gasteiger partial charge >= 0.3 is 12.2 Å². The van der Waals surface area contributed by atoms with E-state index in [1.165, 1.54) is 4.90 Å². The molecule has 214 valence electrons. The third-order valence-corrected chi connectivity index (χ3v) is 6.56. The smallest absolute Gasteiger partial charge is 0.414 e. The highest BCUT2D eigenvalue weighted by Gasteiger charge is 2.34. The number of fused-ring (bicyclic) bond motifs is 1. The van der Waals surface area contributed by atoms with E-state index in [9.17, 15) is 24.0 Å². The summed E-state index contributed by atoms with van der Waals surface area (Å²) < 4.78 is 11.3. The van der Waals surface area contributed by atoms with E-state index in [4.69, 9.17) is 9.47 Å². The molecule has 39 heavy (non-hydrogen) atoms. The first-order chi connectivity index (χ1) is 18.4. The van der Waals surface area contributed by atoms with E-state index in [-0.39, 0.29) is 30.7 Å². The van der Waals surface area contributed by atoms with Gasteiger partial charge in [-0.05, 0) is 52.0 Å². The summed E-state index contributed by atoms with van der Waals surface area (Å²) in [5, 5.41) is 8.04. The van der Waals surface area contributed by atoms with Crippen molar-refractivity contribution in [2.24, 2.45) is 11.8 Å². The molecule has 1 saturated heterocycles. The van der Waals surface area contributed by atoms with E-state index in [1.54, 1.807) is 45.0 Å². The van der Waals surface area contributed by atoms with Crippen molar-refractivity contribution in [1.29, 1.82) is 0 Å². The highest BCUT2D eigenvalue weighted by atomic mass is 16.6. The van der Waals surface area contributed by atoms with Gasteiger partial charge in [-0.1, -0.05) is 32.0 Å². The Morgan fingerprint density at radius 3 is 2.49 bits per heavy atom. The van der Waals surface area contributed by atoms with E-state index in [2.05, 4.69) is 16.0 Å². The number of hydrogen-bond donors (Lipinski definition) is 3. The van der Waals surface area contributed by atoms with Crippen LogP contribution in [-0.4, -0.2) is 61.1 Å². The average Bonchev–Trinajstić information content (AvgIpc) is 3.25. The zero-order chi connectivity index (χ0) is 28.7. The number of anilines is 1. The predicted molar refractivity (Wildman–Crippen MR) is 144 cm³/mol. The van der Waals surface area contributed by atoms with Crippen LogP contribution in [0.15, 0.2) is 24.3 Å². The van der Waals surface area contributed by atoms with Gasteiger partial charge in [-0.15, -0.1) is 0 Å². The van der Waals surface area contributed by atoms with Crippen molar-refractivity contribution in [3.63, 3.8) is 0 Å². The molecule has 0 saturated carbocycles. The molecule has 0 aromatic heterocycles. The van der Waals surface area contributed by atoms with Gasteiger partial charge in [0.25, 0.3) is 0 Å². The van der Waals surface area contributed by atoms with Crippen LogP contribution in [0.1, 0.15) is 72.0 Å². The van der Waals surface area contributed by atoms with Crippen LogP contribution >= 0.6 is 0 Å². The number of rotatable bonds is 9. The van der Waals surface area contributed by atoms with Crippen molar-refractivity contribution in [1.82, 2.24) is 16.0 Å². The molecule has 11 nitrogen and oxygen atoms in total. The number of alkyl carbamates (subject to hydrolysis) is 1. The zero-order valence-corrected chi connectivity index (χ0v) is 23.3. The Morgan fingerprint density at radius 2 is 1.87 bits per heavy atom. The topological polar surface area (TPSA) is 143 Å². The molecule has 0 spiro atoms. The Morgan fingerprint density at radius 1 is 1.15 bits per heavy atom. The fourth-order valence-corrected chi connectivity index (χ4v) is 4.77. The van der Waals surface area contributed by atoms with Gasteiger partial charge < -0.3 is 30.2 Å². The number of hydrogen-bond acceptors (Lipinski definition) is 7. The first-order valence-corrected chi connectivity index (χ1v) is 13.5. The van der Waals surface area contributed by atoms with Crippen LogP contribution < -0.4 is 20.9 Å². The van der Waals surface area contributed by atoms with Gasteiger partial charge in [0.1, 0.15) is 24.0 Å². The van der Waals surface area contributed by atoms with E-state index in [0.29, 0.717) is 43.3 Å².